The van der Waals surface area contributed by atoms with Crippen molar-refractivity contribution in [3.63, 3.8) is 0 Å². The maximum absolute atomic E-state index is 14.4. The summed E-state index contributed by atoms with van der Waals surface area (Å²) in [6, 6.07) is 17.6. The predicted octanol–water partition coefficient (Wildman–Crippen LogP) is 6.14. The molecule has 0 unspecified atom stereocenters. The van der Waals surface area contributed by atoms with E-state index >= 15 is 0 Å². The van der Waals surface area contributed by atoms with E-state index in [1.54, 1.807) is 54.6 Å². The maximum Gasteiger partial charge on any atom is 0.433 e. The number of hydrogen-bond donors (Lipinski definition) is 1. The zero-order chi connectivity index (χ0) is 24.1. The maximum atomic E-state index is 14.4. The third-order valence-electron chi connectivity index (χ3n) is 6.31. The van der Waals surface area contributed by atoms with Gasteiger partial charge in [-0.15, -0.1) is 0 Å². The molecule has 0 aliphatic heterocycles. The lowest BCUT2D eigenvalue weighted by Crippen LogP contribution is -2.25. The summed E-state index contributed by atoms with van der Waals surface area (Å²) < 4.78 is 49.6. The third kappa shape index (κ3) is 5.67. The summed E-state index contributed by atoms with van der Waals surface area (Å²) in [4.78, 5) is 10.6. The van der Waals surface area contributed by atoms with Gasteiger partial charge in [-0.3, -0.25) is 4.68 Å². The van der Waals surface area contributed by atoms with Crippen molar-refractivity contribution in [2.24, 2.45) is 11.8 Å². The first-order valence-corrected chi connectivity index (χ1v) is 11.4. The van der Waals surface area contributed by atoms with Gasteiger partial charge >= 0.3 is 12.1 Å². The number of halogens is 3. The SMILES string of the molecule is O=C(O)COC[C@H]1CC[C@H](Cn2nc(-c3ccccc3)c(-c3ccccc3)c2C(F)(F)F)CC1. The number of rotatable bonds is 8. The van der Waals surface area contributed by atoms with Gasteiger partial charge in [0, 0.05) is 17.7 Å². The molecule has 1 N–H and O–H groups in total. The van der Waals surface area contributed by atoms with E-state index in [0.717, 1.165) is 30.4 Å². The first-order valence-electron chi connectivity index (χ1n) is 11.4. The molecule has 0 atom stereocenters. The molecule has 2 aromatic carbocycles. The van der Waals surface area contributed by atoms with Crippen LogP contribution in [-0.2, 0) is 22.3 Å². The summed E-state index contributed by atoms with van der Waals surface area (Å²) in [6.45, 7) is 0.224. The molecule has 1 heterocycles. The van der Waals surface area contributed by atoms with E-state index in [4.69, 9.17) is 9.84 Å². The quantitative estimate of drug-likeness (QED) is 0.428. The molecule has 1 aliphatic rings. The lowest BCUT2D eigenvalue weighted by atomic mass is 9.82. The lowest BCUT2D eigenvalue weighted by molar-refractivity contribution is -0.144. The number of aromatic nitrogens is 2. The molecule has 5 nitrogen and oxygen atoms in total. The average molecular weight is 473 g/mol. The van der Waals surface area contributed by atoms with E-state index in [2.05, 4.69) is 5.10 Å². The highest BCUT2D eigenvalue weighted by molar-refractivity contribution is 5.83. The Balaban J connectivity index is 1.62. The van der Waals surface area contributed by atoms with Gasteiger partial charge in [-0.25, -0.2) is 4.79 Å². The van der Waals surface area contributed by atoms with Crippen LogP contribution in [0.4, 0.5) is 13.2 Å². The highest BCUT2D eigenvalue weighted by Gasteiger charge is 2.41. The van der Waals surface area contributed by atoms with E-state index in [1.807, 2.05) is 6.07 Å². The van der Waals surface area contributed by atoms with Gasteiger partial charge in [0.05, 0.1) is 6.61 Å². The minimum Gasteiger partial charge on any atom is -0.480 e. The summed E-state index contributed by atoms with van der Waals surface area (Å²) in [6.07, 6.45) is -1.47. The molecule has 1 fully saturated rings. The van der Waals surface area contributed by atoms with E-state index in [1.165, 1.54) is 0 Å². The second-order valence-corrected chi connectivity index (χ2v) is 8.78. The molecule has 34 heavy (non-hydrogen) atoms. The standard InChI is InChI=1S/C26H27F3N2O3/c27-26(28,29)25-23(20-7-3-1-4-8-20)24(21-9-5-2-6-10-21)30-31(25)15-18-11-13-19(14-12-18)16-34-17-22(32)33/h1-10,18-19H,11-17H2,(H,32,33)/t18-,19-. The largest absolute Gasteiger partial charge is 0.480 e. The molecule has 0 spiro atoms. The molecule has 0 amide bonds. The van der Waals surface area contributed by atoms with Crippen molar-refractivity contribution in [3.8, 4) is 22.4 Å². The number of ether oxygens (including phenoxy) is 1. The molecule has 0 saturated heterocycles. The van der Waals surface area contributed by atoms with E-state index in [-0.39, 0.29) is 30.6 Å². The Morgan fingerprint density at radius 1 is 0.941 bits per heavy atom. The molecule has 1 saturated carbocycles. The van der Waals surface area contributed by atoms with Crippen molar-refractivity contribution in [1.29, 1.82) is 0 Å². The molecule has 0 bridgehead atoms. The van der Waals surface area contributed by atoms with Crippen LogP contribution in [0.2, 0.25) is 0 Å². The fraction of sp³-hybridized carbons (Fsp3) is 0.385. The first kappa shape index (κ1) is 24.0. The van der Waals surface area contributed by atoms with Crippen LogP contribution >= 0.6 is 0 Å². The second-order valence-electron chi connectivity index (χ2n) is 8.78. The van der Waals surface area contributed by atoms with Crippen molar-refractivity contribution >= 4 is 5.97 Å². The highest BCUT2D eigenvalue weighted by atomic mass is 19.4. The molecule has 4 rings (SSSR count). The monoisotopic (exact) mass is 472 g/mol. The van der Waals surface area contributed by atoms with Gasteiger partial charge < -0.3 is 9.84 Å². The van der Waals surface area contributed by atoms with Gasteiger partial charge in [0.1, 0.15) is 12.3 Å². The van der Waals surface area contributed by atoms with Gasteiger partial charge in [0.15, 0.2) is 5.69 Å². The fourth-order valence-electron chi connectivity index (χ4n) is 4.70. The Kier molecular flexibility index (Phi) is 7.36. The van der Waals surface area contributed by atoms with Crippen LogP contribution < -0.4 is 0 Å². The number of carboxylic acid groups (broad SMARTS) is 1. The number of carbonyl (C=O) groups is 1. The van der Waals surface area contributed by atoms with Crippen molar-refractivity contribution in [2.45, 2.75) is 38.4 Å². The highest BCUT2D eigenvalue weighted by Crippen LogP contribution is 2.43. The molecular weight excluding hydrogens is 445 g/mol. The summed E-state index contributed by atoms with van der Waals surface area (Å²) in [5.74, 6) is -0.713. The molecule has 1 aromatic heterocycles. The van der Waals surface area contributed by atoms with E-state index in [9.17, 15) is 18.0 Å². The van der Waals surface area contributed by atoms with Crippen LogP contribution in [0.3, 0.4) is 0 Å². The lowest BCUT2D eigenvalue weighted by Gasteiger charge is -2.28. The smallest absolute Gasteiger partial charge is 0.433 e. The fourth-order valence-corrected chi connectivity index (χ4v) is 4.70. The number of carboxylic acids is 1. The molecular formula is C26H27F3N2O3. The van der Waals surface area contributed by atoms with Crippen molar-refractivity contribution < 1.29 is 27.8 Å². The molecule has 1 aliphatic carbocycles. The number of aliphatic carboxylic acids is 1. The average Bonchev–Trinajstić information content (AvgIpc) is 3.21. The minimum atomic E-state index is -4.56. The van der Waals surface area contributed by atoms with Crippen molar-refractivity contribution in [2.75, 3.05) is 13.2 Å². The van der Waals surface area contributed by atoms with Crippen LogP contribution in [0.25, 0.3) is 22.4 Å². The van der Waals surface area contributed by atoms with Crippen LogP contribution in [-0.4, -0.2) is 34.1 Å². The molecule has 8 heteroatoms. The summed E-state index contributed by atoms with van der Waals surface area (Å²) >= 11 is 0. The van der Waals surface area contributed by atoms with Gasteiger partial charge in [-0.2, -0.15) is 18.3 Å². The van der Waals surface area contributed by atoms with Crippen molar-refractivity contribution in [3.05, 3.63) is 66.4 Å². The van der Waals surface area contributed by atoms with Crippen LogP contribution in [0.5, 0.6) is 0 Å². The molecule has 3 aromatic rings. The van der Waals surface area contributed by atoms with Gasteiger partial charge in [-0.1, -0.05) is 60.7 Å². The van der Waals surface area contributed by atoms with E-state index < -0.39 is 17.8 Å². The van der Waals surface area contributed by atoms with Gasteiger partial charge in [0.25, 0.3) is 0 Å². The number of hydrogen-bond acceptors (Lipinski definition) is 3. The Morgan fingerprint density at radius 3 is 2.06 bits per heavy atom. The normalized spacial score (nSPS) is 18.7. The summed E-state index contributed by atoms with van der Waals surface area (Å²) in [5.41, 5.74) is 0.846. The Hall–Kier alpha value is -3.13. The van der Waals surface area contributed by atoms with Crippen LogP contribution in [0.15, 0.2) is 60.7 Å². The van der Waals surface area contributed by atoms with Crippen LogP contribution in [0, 0.1) is 11.8 Å². The van der Waals surface area contributed by atoms with Gasteiger partial charge in [-0.05, 0) is 43.1 Å². The number of alkyl halides is 3. The minimum absolute atomic E-state index is 0.0592. The summed E-state index contributed by atoms with van der Waals surface area (Å²) in [5, 5.41) is 13.2. The zero-order valence-corrected chi connectivity index (χ0v) is 18.7. The topological polar surface area (TPSA) is 64.3 Å². The zero-order valence-electron chi connectivity index (χ0n) is 18.7. The molecule has 180 valence electrons. The Bertz CT molecular complexity index is 1090. The van der Waals surface area contributed by atoms with Gasteiger partial charge in [0.2, 0.25) is 0 Å². The first-order chi connectivity index (χ1) is 16.3. The Morgan fingerprint density at radius 2 is 1.50 bits per heavy atom. The second kappa shape index (κ2) is 10.4. The number of benzene rings is 2. The Labute approximate surface area is 196 Å². The predicted molar refractivity (Wildman–Crippen MR) is 122 cm³/mol. The van der Waals surface area contributed by atoms with Crippen LogP contribution in [0.1, 0.15) is 31.4 Å². The molecule has 0 radical (unpaired) electrons. The number of nitrogens with zero attached hydrogens (tertiary/aromatic N) is 2. The summed E-state index contributed by atoms with van der Waals surface area (Å²) in [7, 11) is 0. The van der Waals surface area contributed by atoms with E-state index in [0.29, 0.717) is 23.4 Å². The third-order valence-corrected chi connectivity index (χ3v) is 6.31. The van der Waals surface area contributed by atoms with Crippen molar-refractivity contribution in [1.82, 2.24) is 9.78 Å².